The highest BCUT2D eigenvalue weighted by Crippen LogP contribution is 2.37. The Morgan fingerprint density at radius 1 is 1.32 bits per heavy atom. The molecule has 1 aliphatic rings. The first-order valence-corrected chi connectivity index (χ1v) is 7.46. The van der Waals surface area contributed by atoms with Gasteiger partial charge in [0.2, 0.25) is 0 Å². The van der Waals surface area contributed by atoms with Crippen LogP contribution < -0.4 is 4.90 Å². The molecule has 0 N–H and O–H groups in total. The predicted octanol–water partition coefficient (Wildman–Crippen LogP) is 2.65. The van der Waals surface area contributed by atoms with Crippen LogP contribution in [0.4, 0.5) is 5.69 Å². The van der Waals surface area contributed by atoms with E-state index in [0.717, 1.165) is 25.1 Å². The fourth-order valence-electron chi connectivity index (χ4n) is 2.98. The van der Waals surface area contributed by atoms with Crippen molar-refractivity contribution < 1.29 is 9.53 Å². The molecule has 0 radical (unpaired) electrons. The molecule has 1 aromatic heterocycles. The number of hydrogen-bond donors (Lipinski definition) is 0. The number of ether oxygens (including phenoxy) is 1. The number of methoxy groups -OCH3 is 1. The Kier molecular flexibility index (Phi) is 4.44. The Hall–Kier alpha value is -2.27. The predicted molar refractivity (Wildman–Crippen MR) is 84.0 cm³/mol. The van der Waals surface area contributed by atoms with E-state index in [1.54, 1.807) is 19.5 Å². The summed E-state index contributed by atoms with van der Waals surface area (Å²) in [5.41, 5.74) is 2.73. The maximum atomic E-state index is 12.7. The van der Waals surface area contributed by atoms with Crippen LogP contribution in [-0.2, 0) is 4.74 Å². The van der Waals surface area contributed by atoms with Crippen LogP contribution in [0.2, 0.25) is 0 Å². The molecule has 1 aliphatic heterocycles. The van der Waals surface area contributed by atoms with Crippen LogP contribution >= 0.6 is 0 Å². The number of carbonyl (C=O) groups excluding carboxylic acids is 1. The van der Waals surface area contributed by atoms with Crippen LogP contribution in [0, 0.1) is 0 Å². The van der Waals surface area contributed by atoms with Gasteiger partial charge in [-0.15, -0.1) is 0 Å². The van der Waals surface area contributed by atoms with E-state index >= 15 is 0 Å². The Bertz CT molecular complexity index is 645. The van der Waals surface area contributed by atoms with E-state index in [2.05, 4.69) is 16.0 Å². The number of hydrogen-bond acceptors (Lipinski definition) is 4. The van der Waals surface area contributed by atoms with E-state index in [4.69, 9.17) is 4.74 Å². The molecule has 114 valence electrons. The Morgan fingerprint density at radius 2 is 2.09 bits per heavy atom. The van der Waals surface area contributed by atoms with Crippen molar-refractivity contribution in [2.75, 3.05) is 25.2 Å². The normalized spacial score (nSPS) is 17.1. The lowest BCUT2D eigenvalue weighted by Gasteiger charge is -2.34. The Morgan fingerprint density at radius 3 is 2.86 bits per heavy atom. The number of benzene rings is 1. The molecule has 0 saturated heterocycles. The lowest BCUT2D eigenvalue weighted by atomic mass is 9.87. The molecule has 0 spiro atoms. The molecule has 5 heteroatoms. The largest absolute Gasteiger partial charge is 0.385 e. The minimum absolute atomic E-state index is 0.0433. The molecule has 2 heterocycles. The van der Waals surface area contributed by atoms with E-state index in [9.17, 15) is 4.79 Å². The number of aromatic nitrogens is 2. The van der Waals surface area contributed by atoms with Crippen molar-refractivity contribution in [3.05, 3.63) is 54.1 Å². The summed E-state index contributed by atoms with van der Waals surface area (Å²) in [5, 5.41) is 0. The van der Waals surface area contributed by atoms with Gasteiger partial charge in [0.1, 0.15) is 6.33 Å². The van der Waals surface area contributed by atoms with Gasteiger partial charge in [-0.25, -0.2) is 9.97 Å². The van der Waals surface area contributed by atoms with E-state index in [0.29, 0.717) is 18.0 Å². The smallest absolute Gasteiger partial charge is 0.261 e. The third kappa shape index (κ3) is 2.85. The molecular formula is C17H19N3O2. The van der Waals surface area contributed by atoms with E-state index in [1.807, 2.05) is 23.1 Å². The zero-order valence-electron chi connectivity index (χ0n) is 12.6. The topological polar surface area (TPSA) is 55.3 Å². The summed E-state index contributed by atoms with van der Waals surface area (Å²) < 4.78 is 5.21. The highest BCUT2D eigenvalue weighted by Gasteiger charge is 2.28. The molecule has 0 aliphatic carbocycles. The number of nitrogens with zero attached hydrogens (tertiary/aromatic N) is 3. The zero-order chi connectivity index (χ0) is 15.4. The van der Waals surface area contributed by atoms with Crippen molar-refractivity contribution in [3.8, 4) is 0 Å². The van der Waals surface area contributed by atoms with Crippen molar-refractivity contribution in [1.82, 2.24) is 9.97 Å². The minimum Gasteiger partial charge on any atom is -0.385 e. The second-order valence-corrected chi connectivity index (χ2v) is 5.41. The fourth-order valence-corrected chi connectivity index (χ4v) is 2.98. The van der Waals surface area contributed by atoms with Crippen molar-refractivity contribution in [2.24, 2.45) is 0 Å². The zero-order valence-corrected chi connectivity index (χ0v) is 12.6. The second-order valence-electron chi connectivity index (χ2n) is 5.41. The molecule has 0 saturated carbocycles. The molecule has 0 fully saturated rings. The van der Waals surface area contributed by atoms with Crippen LogP contribution in [0.5, 0.6) is 0 Å². The van der Waals surface area contributed by atoms with Gasteiger partial charge >= 0.3 is 0 Å². The van der Waals surface area contributed by atoms with Gasteiger partial charge in [0.05, 0.1) is 5.56 Å². The van der Waals surface area contributed by atoms with E-state index in [-0.39, 0.29) is 5.91 Å². The molecule has 0 bridgehead atoms. The maximum absolute atomic E-state index is 12.7. The van der Waals surface area contributed by atoms with E-state index < -0.39 is 0 Å². The van der Waals surface area contributed by atoms with Crippen molar-refractivity contribution in [1.29, 1.82) is 0 Å². The van der Waals surface area contributed by atoms with Gasteiger partial charge < -0.3 is 9.64 Å². The van der Waals surface area contributed by atoms with Crippen LogP contribution in [0.25, 0.3) is 0 Å². The van der Waals surface area contributed by atoms with Crippen molar-refractivity contribution in [3.63, 3.8) is 0 Å². The highest BCUT2D eigenvalue weighted by atomic mass is 16.5. The number of anilines is 1. The lowest BCUT2D eigenvalue weighted by Crippen LogP contribution is -2.37. The molecular weight excluding hydrogens is 278 g/mol. The van der Waals surface area contributed by atoms with Gasteiger partial charge in [0.25, 0.3) is 5.91 Å². The average Bonchev–Trinajstić information content (AvgIpc) is 2.60. The SMILES string of the molecule is COCCC1CCN(C(=O)c2cncnc2)c2ccccc21. The van der Waals surface area contributed by atoms with Crippen LogP contribution in [-0.4, -0.2) is 36.1 Å². The van der Waals surface area contributed by atoms with Gasteiger partial charge in [-0.1, -0.05) is 18.2 Å². The summed E-state index contributed by atoms with van der Waals surface area (Å²) in [6.07, 6.45) is 6.48. The number of carbonyl (C=O) groups is 1. The molecule has 3 rings (SSSR count). The van der Waals surface area contributed by atoms with Crippen molar-refractivity contribution in [2.45, 2.75) is 18.8 Å². The fraction of sp³-hybridized carbons (Fsp3) is 0.353. The van der Waals surface area contributed by atoms with Crippen LogP contribution in [0.15, 0.2) is 43.0 Å². The summed E-state index contributed by atoms with van der Waals surface area (Å²) in [6, 6.07) is 8.12. The first kappa shape index (κ1) is 14.7. The number of para-hydroxylation sites is 1. The summed E-state index contributed by atoms with van der Waals surface area (Å²) in [5.74, 6) is 0.394. The molecule has 22 heavy (non-hydrogen) atoms. The number of fused-ring (bicyclic) bond motifs is 1. The molecule has 1 unspecified atom stereocenters. The second kappa shape index (κ2) is 6.66. The van der Waals surface area contributed by atoms with Gasteiger partial charge in [0, 0.05) is 38.3 Å². The van der Waals surface area contributed by atoms with Crippen LogP contribution in [0.1, 0.15) is 34.7 Å². The summed E-state index contributed by atoms with van der Waals surface area (Å²) in [7, 11) is 1.72. The third-order valence-electron chi connectivity index (χ3n) is 4.09. The standard InChI is InChI=1S/C17H19N3O2/c1-22-9-7-13-6-8-20(16-5-3-2-4-15(13)16)17(21)14-10-18-12-19-11-14/h2-5,10-13H,6-9H2,1H3. The Balaban J connectivity index is 1.89. The number of rotatable bonds is 4. The Labute approximate surface area is 130 Å². The summed E-state index contributed by atoms with van der Waals surface area (Å²) in [4.78, 5) is 22.4. The molecule has 1 atom stereocenters. The quantitative estimate of drug-likeness (QED) is 0.870. The highest BCUT2D eigenvalue weighted by molar-refractivity contribution is 6.06. The van der Waals surface area contributed by atoms with E-state index in [1.165, 1.54) is 11.9 Å². The lowest BCUT2D eigenvalue weighted by molar-refractivity contribution is 0.0982. The molecule has 1 aromatic carbocycles. The van der Waals surface area contributed by atoms with Gasteiger partial charge in [-0.2, -0.15) is 0 Å². The van der Waals surface area contributed by atoms with Crippen LogP contribution in [0.3, 0.4) is 0 Å². The molecule has 1 amide bonds. The average molecular weight is 297 g/mol. The van der Waals surface area contributed by atoms with Crippen molar-refractivity contribution >= 4 is 11.6 Å². The first-order valence-electron chi connectivity index (χ1n) is 7.46. The van der Waals surface area contributed by atoms with Gasteiger partial charge in [0.15, 0.2) is 0 Å². The monoisotopic (exact) mass is 297 g/mol. The first-order chi connectivity index (χ1) is 10.8. The molecule has 2 aromatic rings. The third-order valence-corrected chi connectivity index (χ3v) is 4.09. The van der Waals surface area contributed by atoms with Gasteiger partial charge in [-0.3, -0.25) is 4.79 Å². The summed E-state index contributed by atoms with van der Waals surface area (Å²) in [6.45, 7) is 1.44. The van der Waals surface area contributed by atoms with Gasteiger partial charge in [-0.05, 0) is 30.4 Å². The summed E-state index contributed by atoms with van der Waals surface area (Å²) >= 11 is 0. The minimum atomic E-state index is -0.0433. The number of amides is 1. The maximum Gasteiger partial charge on any atom is 0.261 e. The molecule has 5 nitrogen and oxygen atoms in total.